The Balaban J connectivity index is 0. The van der Waals surface area contributed by atoms with Crippen LogP contribution in [0, 0.1) is 19.3 Å². The fourth-order valence-electron chi connectivity index (χ4n) is 0.783. The van der Waals surface area contributed by atoms with E-state index in [1.54, 1.807) is 0 Å². The van der Waals surface area contributed by atoms with Crippen LogP contribution in [0.1, 0.15) is 27.2 Å². The second-order valence-electron chi connectivity index (χ2n) is 3.23. The van der Waals surface area contributed by atoms with Gasteiger partial charge in [-0.3, -0.25) is 0 Å². The summed E-state index contributed by atoms with van der Waals surface area (Å²) in [7, 11) is 0. The van der Waals surface area contributed by atoms with Gasteiger partial charge in [-0.2, -0.15) is 0 Å². The first-order valence-electron chi connectivity index (χ1n) is 3.30. The third-order valence-corrected chi connectivity index (χ3v) is 1.48. The molecule has 0 heterocycles. The minimum Gasteiger partial charge on any atom is -0.356 e. The fourth-order valence-corrected chi connectivity index (χ4v) is 0.783. The Morgan fingerprint density at radius 3 is 1.80 bits per heavy atom. The second kappa shape index (κ2) is 5.02. The number of hydrogen-bond donors (Lipinski definition) is 0. The molecule has 0 nitrogen and oxygen atoms in total. The summed E-state index contributed by atoms with van der Waals surface area (Å²) in [6.07, 6.45) is 2.78. The zero-order chi connectivity index (χ0) is 7.49. The van der Waals surface area contributed by atoms with E-state index in [2.05, 4.69) is 34.6 Å². The predicted molar refractivity (Wildman–Crippen MR) is 42.9 cm³/mol. The summed E-state index contributed by atoms with van der Waals surface area (Å²) in [6, 6.07) is 0. The molecule has 0 N–H and O–H groups in total. The van der Waals surface area contributed by atoms with E-state index in [0.29, 0.717) is 0 Å². The zero-order valence-electron chi connectivity index (χ0n) is 7.11. The van der Waals surface area contributed by atoms with Gasteiger partial charge in [-0.15, -0.1) is 0 Å². The Hall–Kier alpha value is 0.298. The van der Waals surface area contributed by atoms with Gasteiger partial charge in [0.05, 0.1) is 0 Å². The van der Waals surface area contributed by atoms with Gasteiger partial charge < -0.3 is 6.92 Å². The average Bonchev–Trinajstić information content (AvgIpc) is 1.65. The molecule has 0 radical (unpaired) electrons. The van der Waals surface area contributed by atoms with Crippen LogP contribution >= 0.6 is 0 Å². The zero-order valence-corrected chi connectivity index (χ0v) is 10.0. The van der Waals surface area contributed by atoms with E-state index in [1.165, 1.54) is 5.57 Å². The molecular formula is C9H16W. The van der Waals surface area contributed by atoms with Crippen molar-refractivity contribution in [1.29, 1.82) is 0 Å². The first-order chi connectivity index (χ1) is 4.02. The summed E-state index contributed by atoms with van der Waals surface area (Å²) in [4.78, 5) is 0. The minimum atomic E-state index is 0. The SMILES string of the molecule is [CH2-]/C=C(\C[CH2-])C(C)(C)C.[W+2]. The maximum absolute atomic E-state index is 3.82. The molecular weight excluding hydrogens is 292 g/mol. The van der Waals surface area contributed by atoms with Crippen molar-refractivity contribution >= 4 is 0 Å². The third kappa shape index (κ3) is 4.17. The molecule has 0 amide bonds. The van der Waals surface area contributed by atoms with Crippen LogP contribution in [0.2, 0.25) is 0 Å². The first-order valence-corrected chi connectivity index (χ1v) is 3.30. The van der Waals surface area contributed by atoms with Crippen LogP contribution in [0.15, 0.2) is 11.6 Å². The fraction of sp³-hybridized carbons (Fsp3) is 0.556. The van der Waals surface area contributed by atoms with Crippen molar-refractivity contribution in [2.45, 2.75) is 27.2 Å². The molecule has 0 aliphatic heterocycles. The number of allylic oxidation sites excluding steroid dienone is 2. The van der Waals surface area contributed by atoms with Crippen LogP contribution in [0.4, 0.5) is 0 Å². The van der Waals surface area contributed by atoms with Gasteiger partial charge in [0, 0.05) is 0 Å². The quantitative estimate of drug-likeness (QED) is 0.653. The summed E-state index contributed by atoms with van der Waals surface area (Å²) in [6.45, 7) is 14.1. The molecule has 0 aliphatic carbocycles. The maximum Gasteiger partial charge on any atom is 2.00 e. The molecule has 10 heavy (non-hydrogen) atoms. The average molecular weight is 308 g/mol. The monoisotopic (exact) mass is 308 g/mol. The Labute approximate surface area is 79.4 Å². The second-order valence-corrected chi connectivity index (χ2v) is 3.23. The van der Waals surface area contributed by atoms with Gasteiger partial charge in [0.2, 0.25) is 0 Å². The summed E-state index contributed by atoms with van der Waals surface area (Å²) >= 11 is 0. The summed E-state index contributed by atoms with van der Waals surface area (Å²) in [5.41, 5.74) is 1.58. The van der Waals surface area contributed by atoms with Crippen molar-refractivity contribution in [3.63, 3.8) is 0 Å². The van der Waals surface area contributed by atoms with Crippen LogP contribution in [-0.4, -0.2) is 0 Å². The Morgan fingerprint density at radius 2 is 1.80 bits per heavy atom. The smallest absolute Gasteiger partial charge is 0.356 e. The molecule has 0 saturated heterocycles. The topological polar surface area (TPSA) is 0 Å². The summed E-state index contributed by atoms with van der Waals surface area (Å²) in [5.74, 6) is 0. The van der Waals surface area contributed by atoms with Crippen LogP contribution in [0.3, 0.4) is 0 Å². The van der Waals surface area contributed by atoms with Crippen LogP contribution in [0.5, 0.6) is 0 Å². The molecule has 0 aromatic rings. The van der Waals surface area contributed by atoms with Crippen molar-refractivity contribution < 1.29 is 21.1 Å². The standard InChI is InChI=1S/C9H16.W/c1-6-8(7-2)9(3,4)5;/h6H,1-2,7H2,3-5H3;/q-2;+2/b8-6+;. The molecule has 0 bridgehead atoms. The van der Waals surface area contributed by atoms with Crippen molar-refractivity contribution in [3.8, 4) is 0 Å². The number of rotatable bonds is 1. The van der Waals surface area contributed by atoms with Crippen molar-refractivity contribution in [2.24, 2.45) is 5.41 Å². The van der Waals surface area contributed by atoms with Crippen LogP contribution in [0.25, 0.3) is 0 Å². The first kappa shape index (κ1) is 12.9. The van der Waals surface area contributed by atoms with Gasteiger partial charge in [-0.25, -0.2) is 25.0 Å². The molecule has 0 aromatic carbocycles. The molecule has 0 spiro atoms. The van der Waals surface area contributed by atoms with Crippen LogP contribution < -0.4 is 0 Å². The molecule has 0 rings (SSSR count). The van der Waals surface area contributed by atoms with Gasteiger partial charge in [-0.1, -0.05) is 26.2 Å². The van der Waals surface area contributed by atoms with E-state index in [4.69, 9.17) is 0 Å². The van der Waals surface area contributed by atoms with E-state index >= 15 is 0 Å². The van der Waals surface area contributed by atoms with Gasteiger partial charge >= 0.3 is 21.1 Å². The molecule has 1 heteroatoms. The molecule has 0 fully saturated rings. The minimum absolute atomic E-state index is 0. The molecule has 58 valence electrons. The molecule has 0 aromatic heterocycles. The van der Waals surface area contributed by atoms with E-state index in [9.17, 15) is 0 Å². The number of hydrogen-bond acceptors (Lipinski definition) is 0. The Kier molecular flexibility index (Phi) is 6.49. The molecule has 0 unspecified atom stereocenters. The molecule has 0 atom stereocenters. The summed E-state index contributed by atoms with van der Waals surface area (Å²) < 4.78 is 0. The van der Waals surface area contributed by atoms with Gasteiger partial charge in [0.25, 0.3) is 0 Å². The van der Waals surface area contributed by atoms with Gasteiger partial charge in [0.1, 0.15) is 0 Å². The third-order valence-electron chi connectivity index (χ3n) is 1.48. The Bertz CT molecular complexity index is 106. The maximum atomic E-state index is 3.82. The van der Waals surface area contributed by atoms with E-state index in [-0.39, 0.29) is 26.5 Å². The molecule has 0 aliphatic rings. The van der Waals surface area contributed by atoms with E-state index in [1.807, 2.05) is 6.08 Å². The van der Waals surface area contributed by atoms with Gasteiger partial charge in [0.15, 0.2) is 0 Å². The van der Waals surface area contributed by atoms with Gasteiger partial charge in [-0.05, 0) is 0 Å². The van der Waals surface area contributed by atoms with Crippen molar-refractivity contribution in [3.05, 3.63) is 25.5 Å². The predicted octanol–water partition coefficient (Wildman–Crippen LogP) is 3.01. The summed E-state index contributed by atoms with van der Waals surface area (Å²) in [5, 5.41) is 0. The van der Waals surface area contributed by atoms with E-state index in [0.717, 1.165) is 6.42 Å². The normalized spacial score (nSPS) is 12.6. The van der Waals surface area contributed by atoms with Crippen molar-refractivity contribution in [2.75, 3.05) is 0 Å². The van der Waals surface area contributed by atoms with Crippen LogP contribution in [-0.2, 0) is 21.1 Å². The molecule has 0 saturated carbocycles. The largest absolute Gasteiger partial charge is 2.00 e. The van der Waals surface area contributed by atoms with Crippen molar-refractivity contribution in [1.82, 2.24) is 0 Å². The van der Waals surface area contributed by atoms with E-state index < -0.39 is 0 Å². The Morgan fingerprint density at radius 1 is 1.40 bits per heavy atom.